The molecule has 2 fully saturated rings. The maximum absolute atomic E-state index is 11.1. The van der Waals surface area contributed by atoms with Gasteiger partial charge in [0.1, 0.15) is 17.7 Å². The van der Waals surface area contributed by atoms with Crippen LogP contribution >= 0.6 is 0 Å². The number of nitrogens with one attached hydrogen (secondary N) is 1. The lowest BCUT2D eigenvalue weighted by molar-refractivity contribution is -0.114. The minimum Gasteiger partial charge on any atom is -0.481 e. The van der Waals surface area contributed by atoms with Crippen molar-refractivity contribution in [3.63, 3.8) is 0 Å². The first kappa shape index (κ1) is 16.4. The number of nitrogens with zero attached hydrogens (tertiary/aromatic N) is 3. The molecule has 1 aromatic rings. The van der Waals surface area contributed by atoms with Gasteiger partial charge in [0.2, 0.25) is 15.9 Å². The third-order valence-corrected chi connectivity index (χ3v) is 5.08. The Hall–Kier alpha value is -1.45. The zero-order chi connectivity index (χ0) is 16.5. The number of hydrogen-bond acceptors (Lipinski definition) is 7. The van der Waals surface area contributed by atoms with Crippen molar-refractivity contribution in [2.45, 2.75) is 18.4 Å². The van der Waals surface area contributed by atoms with Crippen molar-refractivity contribution >= 4 is 15.8 Å². The Morgan fingerprint density at radius 2 is 2.26 bits per heavy atom. The molecule has 3 rings (SSSR count). The average molecular weight is 342 g/mol. The molecule has 0 aliphatic carbocycles. The number of sulfonamides is 1. The summed E-state index contributed by atoms with van der Waals surface area (Å²) in [5.74, 6) is 1.63. The highest BCUT2D eigenvalue weighted by atomic mass is 32.2. The molecule has 1 unspecified atom stereocenters. The molecule has 0 saturated carbocycles. The lowest BCUT2D eigenvalue weighted by Crippen LogP contribution is -2.65. The summed E-state index contributed by atoms with van der Waals surface area (Å²) in [5.41, 5.74) is -0.125. The zero-order valence-electron chi connectivity index (χ0n) is 13.4. The Labute approximate surface area is 136 Å². The Morgan fingerprint density at radius 3 is 2.87 bits per heavy atom. The normalized spacial score (nSPS) is 23.6. The van der Waals surface area contributed by atoms with E-state index in [9.17, 15) is 8.42 Å². The summed E-state index contributed by atoms with van der Waals surface area (Å²) in [6.45, 7) is 2.62. The molecule has 2 aliphatic rings. The van der Waals surface area contributed by atoms with Gasteiger partial charge in [-0.2, -0.15) is 0 Å². The summed E-state index contributed by atoms with van der Waals surface area (Å²) in [6, 6.07) is 1.81. The van der Waals surface area contributed by atoms with Gasteiger partial charge >= 0.3 is 0 Å². The van der Waals surface area contributed by atoms with E-state index in [1.165, 1.54) is 12.6 Å². The Morgan fingerprint density at radius 1 is 1.48 bits per heavy atom. The van der Waals surface area contributed by atoms with Gasteiger partial charge in [-0.3, -0.25) is 0 Å². The lowest BCUT2D eigenvalue weighted by atomic mass is 9.83. The van der Waals surface area contributed by atoms with E-state index in [-0.39, 0.29) is 11.5 Å². The van der Waals surface area contributed by atoms with Crippen molar-refractivity contribution in [1.29, 1.82) is 0 Å². The van der Waals surface area contributed by atoms with Crippen molar-refractivity contribution in [3.8, 4) is 5.88 Å². The van der Waals surface area contributed by atoms with Crippen LogP contribution in [0.4, 0.5) is 5.82 Å². The molecule has 8 nitrogen and oxygen atoms in total. The summed E-state index contributed by atoms with van der Waals surface area (Å²) in [4.78, 5) is 10.4. The van der Waals surface area contributed by atoms with Crippen LogP contribution < -0.4 is 14.4 Å². The molecular formula is C14H22N4O4S. The first-order valence-electron chi connectivity index (χ1n) is 7.59. The molecule has 1 aromatic heterocycles. The number of methoxy groups -OCH3 is 1. The maximum Gasteiger partial charge on any atom is 0.218 e. The predicted molar refractivity (Wildman–Crippen MR) is 85.1 cm³/mol. The van der Waals surface area contributed by atoms with E-state index in [1.807, 2.05) is 6.07 Å². The van der Waals surface area contributed by atoms with Gasteiger partial charge in [-0.15, -0.1) is 0 Å². The topological polar surface area (TPSA) is 93.7 Å². The second-order valence-corrected chi connectivity index (χ2v) is 8.13. The fourth-order valence-corrected chi connectivity index (χ4v) is 3.56. The number of aromatic nitrogens is 2. The summed E-state index contributed by atoms with van der Waals surface area (Å²) >= 11 is 0. The molecule has 0 aromatic carbocycles. The minimum atomic E-state index is -3.14. The zero-order valence-corrected chi connectivity index (χ0v) is 14.2. The fraction of sp³-hybridized carbons (Fsp3) is 0.714. The molecule has 23 heavy (non-hydrogen) atoms. The molecule has 1 spiro atoms. The van der Waals surface area contributed by atoms with Crippen molar-refractivity contribution in [3.05, 3.63) is 12.4 Å². The van der Waals surface area contributed by atoms with Crippen LogP contribution in [0.15, 0.2) is 12.4 Å². The van der Waals surface area contributed by atoms with Gasteiger partial charge in [-0.05, 0) is 18.8 Å². The van der Waals surface area contributed by atoms with Gasteiger partial charge in [-0.25, -0.2) is 23.1 Å². The van der Waals surface area contributed by atoms with E-state index in [1.54, 1.807) is 7.11 Å². The molecule has 1 N–H and O–H groups in total. The van der Waals surface area contributed by atoms with Gasteiger partial charge in [0.15, 0.2) is 0 Å². The summed E-state index contributed by atoms with van der Waals surface area (Å²) in [7, 11) is -1.55. The van der Waals surface area contributed by atoms with Crippen LogP contribution in [-0.4, -0.2) is 63.6 Å². The number of hydrogen-bond donors (Lipinski definition) is 1. The summed E-state index contributed by atoms with van der Waals surface area (Å²) in [5, 5.41) is 0. The number of anilines is 1. The number of ether oxygens (including phenoxy) is 2. The van der Waals surface area contributed by atoms with Crippen molar-refractivity contribution in [2.24, 2.45) is 5.92 Å². The maximum atomic E-state index is 11.1. The molecule has 9 heteroatoms. The van der Waals surface area contributed by atoms with Crippen LogP contribution in [0.1, 0.15) is 12.8 Å². The molecule has 0 bridgehead atoms. The second-order valence-electron chi connectivity index (χ2n) is 6.29. The largest absolute Gasteiger partial charge is 0.481 e. The Bertz CT molecular complexity index is 650. The van der Waals surface area contributed by atoms with E-state index in [2.05, 4.69) is 19.6 Å². The molecule has 2 saturated heterocycles. The van der Waals surface area contributed by atoms with Gasteiger partial charge in [-0.1, -0.05) is 0 Å². The quantitative estimate of drug-likeness (QED) is 0.806. The van der Waals surface area contributed by atoms with E-state index >= 15 is 0 Å². The molecule has 3 heterocycles. The molecule has 0 amide bonds. The highest BCUT2D eigenvalue weighted by Crippen LogP contribution is 2.38. The van der Waals surface area contributed by atoms with E-state index in [0.29, 0.717) is 19.0 Å². The Balaban J connectivity index is 1.49. The second kappa shape index (κ2) is 6.21. The third-order valence-electron chi connectivity index (χ3n) is 4.39. The van der Waals surface area contributed by atoms with Crippen LogP contribution in [0, 0.1) is 5.92 Å². The first-order chi connectivity index (χ1) is 10.9. The van der Waals surface area contributed by atoms with Crippen LogP contribution in [-0.2, 0) is 14.8 Å². The minimum absolute atomic E-state index is 0.125. The molecule has 0 radical (unpaired) electrons. The SMILES string of the molecule is COc1cc(N2CC3(CCC(CNS(C)(=O)=O)CO3)C2)ncn1. The monoisotopic (exact) mass is 342 g/mol. The van der Waals surface area contributed by atoms with Gasteiger partial charge in [0.05, 0.1) is 33.1 Å². The summed E-state index contributed by atoms with van der Waals surface area (Å²) in [6.07, 6.45) is 4.57. The lowest BCUT2D eigenvalue weighted by Gasteiger charge is -2.53. The van der Waals surface area contributed by atoms with Crippen molar-refractivity contribution < 1.29 is 17.9 Å². The van der Waals surface area contributed by atoms with Crippen LogP contribution in [0.3, 0.4) is 0 Å². The average Bonchev–Trinajstić information content (AvgIpc) is 2.50. The summed E-state index contributed by atoms with van der Waals surface area (Å²) < 4.78 is 36.0. The van der Waals surface area contributed by atoms with Gasteiger partial charge in [0.25, 0.3) is 0 Å². The van der Waals surface area contributed by atoms with Crippen LogP contribution in [0.2, 0.25) is 0 Å². The highest BCUT2D eigenvalue weighted by Gasteiger charge is 2.47. The van der Waals surface area contributed by atoms with Crippen LogP contribution in [0.5, 0.6) is 5.88 Å². The van der Waals surface area contributed by atoms with Crippen molar-refractivity contribution in [1.82, 2.24) is 14.7 Å². The molecule has 1 atom stereocenters. The number of rotatable bonds is 5. The predicted octanol–water partition coefficient (Wildman–Crippen LogP) is 0.0198. The molecule has 2 aliphatic heterocycles. The van der Waals surface area contributed by atoms with E-state index < -0.39 is 10.0 Å². The fourth-order valence-electron chi connectivity index (χ4n) is 3.02. The van der Waals surface area contributed by atoms with Gasteiger partial charge < -0.3 is 14.4 Å². The Kier molecular flexibility index (Phi) is 4.43. The van der Waals surface area contributed by atoms with Crippen LogP contribution in [0.25, 0.3) is 0 Å². The van der Waals surface area contributed by atoms with Crippen molar-refractivity contribution in [2.75, 3.05) is 44.5 Å². The third kappa shape index (κ3) is 3.91. The first-order valence-corrected chi connectivity index (χ1v) is 9.48. The van der Waals surface area contributed by atoms with Gasteiger partial charge in [0, 0.05) is 12.6 Å². The molecule has 128 valence electrons. The standard InChI is InChI=1S/C14H22N4O4S/c1-21-13-5-12(15-10-16-13)18-8-14(9-18)4-3-11(7-22-14)6-17-23(2,19)20/h5,10-11,17H,3-4,6-9H2,1-2H3. The smallest absolute Gasteiger partial charge is 0.218 e. The van der Waals surface area contributed by atoms with E-state index in [4.69, 9.17) is 9.47 Å². The van der Waals surface area contributed by atoms with E-state index in [0.717, 1.165) is 31.7 Å². The molecular weight excluding hydrogens is 320 g/mol. The highest BCUT2D eigenvalue weighted by molar-refractivity contribution is 7.88.